The number of carbonyl (C=O) groups is 1. The van der Waals surface area contributed by atoms with Crippen molar-refractivity contribution in [3.63, 3.8) is 0 Å². The number of carboxylic acids is 1. The molecule has 5 heteroatoms. The van der Waals surface area contributed by atoms with E-state index in [0.29, 0.717) is 20.3 Å². The Hall–Kier alpha value is 0.239. The summed E-state index contributed by atoms with van der Waals surface area (Å²) in [5.41, 5.74) is 5.14. The van der Waals surface area contributed by atoms with Crippen molar-refractivity contribution in [3.05, 3.63) is 0 Å². The van der Waals surface area contributed by atoms with Crippen LogP contribution >= 0.6 is 12.4 Å². The van der Waals surface area contributed by atoms with Crippen LogP contribution in [-0.4, -0.2) is 32.1 Å². The fraction of sp³-hybridized carbons (Fsp3) is 0.750. The number of hydrogen-bond donors (Lipinski definition) is 2. The van der Waals surface area contributed by atoms with E-state index in [1.807, 2.05) is 5.82 Å². The summed E-state index contributed by atoms with van der Waals surface area (Å²) < 4.78 is 0. The van der Waals surface area contributed by atoms with Gasteiger partial charge in [-0.15, -0.1) is 12.4 Å². The molecule has 0 unspecified atom stereocenters. The van der Waals surface area contributed by atoms with Crippen LogP contribution in [0.15, 0.2) is 0 Å². The summed E-state index contributed by atoms with van der Waals surface area (Å²) in [6, 6.07) is -0.639. The van der Waals surface area contributed by atoms with Gasteiger partial charge < -0.3 is 0 Å². The number of hydrogen-bond acceptors (Lipinski definition) is 2. The number of halogens is 1. The first-order valence-electron chi connectivity index (χ1n) is 2.15. The van der Waals surface area contributed by atoms with Crippen molar-refractivity contribution in [2.24, 2.45) is 5.73 Å². The first-order valence-corrected chi connectivity index (χ1v) is 5.08. The maximum atomic E-state index is 9.97. The van der Waals surface area contributed by atoms with Gasteiger partial charge in [-0.25, -0.2) is 0 Å². The Kier molecular flexibility index (Phi) is 8.46. The van der Waals surface area contributed by atoms with Crippen LogP contribution in [0, 0.1) is 0 Å². The van der Waals surface area contributed by atoms with Crippen molar-refractivity contribution in [1.29, 1.82) is 0 Å². The van der Waals surface area contributed by atoms with Crippen LogP contribution in [0.25, 0.3) is 0 Å². The van der Waals surface area contributed by atoms with E-state index >= 15 is 0 Å². The van der Waals surface area contributed by atoms with Crippen LogP contribution in [-0.2, 0) is 4.79 Å². The molecule has 0 aromatic carbocycles. The molecule has 0 aromatic heterocycles. The van der Waals surface area contributed by atoms with Gasteiger partial charge in [0.05, 0.1) is 0 Å². The summed E-state index contributed by atoms with van der Waals surface area (Å²) in [6.45, 7) is 0. The quantitative estimate of drug-likeness (QED) is 0.655. The van der Waals surface area contributed by atoms with E-state index in [0.717, 1.165) is 0 Å². The fourth-order valence-corrected chi connectivity index (χ4v) is 1.30. The van der Waals surface area contributed by atoms with Crippen molar-refractivity contribution in [2.75, 3.05) is 0 Å². The number of carboxylic acid groups (broad SMARTS) is 1. The molecule has 9 heavy (non-hydrogen) atoms. The van der Waals surface area contributed by atoms with E-state index in [4.69, 9.17) is 10.8 Å². The Morgan fingerprint density at radius 3 is 2.44 bits per heavy atom. The summed E-state index contributed by atoms with van der Waals surface area (Å²) in [6.07, 6.45) is 0. The van der Waals surface area contributed by atoms with E-state index in [-0.39, 0.29) is 12.4 Å². The van der Waals surface area contributed by atoms with E-state index in [9.17, 15) is 4.79 Å². The molecule has 0 heterocycles. The van der Waals surface area contributed by atoms with Gasteiger partial charge in [0, 0.05) is 0 Å². The Balaban J connectivity index is 0. The van der Waals surface area contributed by atoms with Crippen LogP contribution in [0.1, 0.15) is 0 Å². The van der Waals surface area contributed by atoms with E-state index in [1.165, 1.54) is 0 Å². The van der Waals surface area contributed by atoms with Gasteiger partial charge in [-0.1, -0.05) is 0 Å². The second-order valence-corrected chi connectivity index (χ2v) is 3.31. The zero-order chi connectivity index (χ0) is 6.57. The molecular formula is C4H10ClNO2Se. The topological polar surface area (TPSA) is 63.3 Å². The van der Waals surface area contributed by atoms with Gasteiger partial charge in [0.25, 0.3) is 0 Å². The molecule has 0 saturated carbocycles. The van der Waals surface area contributed by atoms with Gasteiger partial charge in [-0.2, -0.15) is 0 Å². The SMILES string of the molecule is C[Se]C[C@H](N)C(=O)O.Cl. The third-order valence-corrected chi connectivity index (χ3v) is 2.12. The van der Waals surface area contributed by atoms with Crippen LogP contribution in [0.4, 0.5) is 0 Å². The average Bonchev–Trinajstić information content (AvgIpc) is 1.67. The van der Waals surface area contributed by atoms with Crippen LogP contribution in [0.5, 0.6) is 0 Å². The average molecular weight is 219 g/mol. The Labute approximate surface area is 66.6 Å². The van der Waals surface area contributed by atoms with Crippen LogP contribution in [0.3, 0.4) is 0 Å². The molecule has 0 bridgehead atoms. The van der Waals surface area contributed by atoms with E-state index in [2.05, 4.69) is 0 Å². The molecule has 3 N–H and O–H groups in total. The van der Waals surface area contributed by atoms with Crippen molar-refractivity contribution in [1.82, 2.24) is 0 Å². The van der Waals surface area contributed by atoms with Crippen molar-refractivity contribution >= 4 is 33.3 Å². The second-order valence-electron chi connectivity index (χ2n) is 1.40. The van der Waals surface area contributed by atoms with Crippen molar-refractivity contribution in [2.45, 2.75) is 17.2 Å². The summed E-state index contributed by atoms with van der Waals surface area (Å²) >= 11 is 0.373. The second kappa shape index (κ2) is 6.36. The van der Waals surface area contributed by atoms with Crippen molar-refractivity contribution in [3.8, 4) is 0 Å². The molecule has 0 spiro atoms. The number of aliphatic carboxylic acids is 1. The molecule has 0 aliphatic rings. The minimum Gasteiger partial charge on any atom is -0.147 e. The zero-order valence-electron chi connectivity index (χ0n) is 5.03. The van der Waals surface area contributed by atoms with E-state index in [1.54, 1.807) is 0 Å². The molecule has 3 nitrogen and oxygen atoms in total. The molecule has 0 saturated heterocycles. The molecule has 0 rings (SSSR count). The van der Waals surface area contributed by atoms with E-state index < -0.39 is 12.0 Å². The molecule has 0 amide bonds. The third kappa shape index (κ3) is 6.12. The molecular weight excluding hydrogens is 208 g/mol. The molecule has 0 aliphatic carbocycles. The predicted octanol–water partition coefficient (Wildman–Crippen LogP) is -0.00930. The monoisotopic (exact) mass is 219 g/mol. The molecule has 0 aliphatic heterocycles. The van der Waals surface area contributed by atoms with Crippen LogP contribution in [0.2, 0.25) is 11.1 Å². The van der Waals surface area contributed by atoms with Gasteiger partial charge in [0.1, 0.15) is 0 Å². The molecule has 1 atom stereocenters. The summed E-state index contributed by atoms with van der Waals surface area (Å²) in [4.78, 5) is 9.97. The first kappa shape index (κ1) is 12.0. The minimum atomic E-state index is -0.895. The molecule has 0 aromatic rings. The smallest absolute Gasteiger partial charge is 0.147 e. The summed E-state index contributed by atoms with van der Waals surface area (Å²) in [5.74, 6) is 1.07. The molecule has 56 valence electrons. The Morgan fingerprint density at radius 2 is 2.33 bits per heavy atom. The Morgan fingerprint density at radius 1 is 1.89 bits per heavy atom. The van der Waals surface area contributed by atoms with Gasteiger partial charge in [-0.05, 0) is 0 Å². The maximum absolute atomic E-state index is 9.97. The summed E-state index contributed by atoms with van der Waals surface area (Å²) in [5, 5.41) is 8.83. The summed E-state index contributed by atoms with van der Waals surface area (Å²) in [7, 11) is 0. The number of rotatable bonds is 3. The van der Waals surface area contributed by atoms with Crippen molar-refractivity contribution < 1.29 is 9.90 Å². The third-order valence-electron chi connectivity index (χ3n) is 0.663. The van der Waals surface area contributed by atoms with Crippen LogP contribution < -0.4 is 5.73 Å². The predicted molar refractivity (Wildman–Crippen MR) is 39.3 cm³/mol. The van der Waals surface area contributed by atoms with Gasteiger partial charge in [-0.3, -0.25) is 0 Å². The maximum Gasteiger partial charge on any atom is -0.147 e. The Bertz CT molecular complexity index is 90.6. The van der Waals surface area contributed by atoms with Gasteiger partial charge in [0.2, 0.25) is 0 Å². The standard InChI is InChI=1S/C4H9NO2Se.ClH/c1-8-2-3(5)4(6)7;/h3H,2,5H2,1H3,(H,6,7);1H/t3-;/m0./s1. The van der Waals surface area contributed by atoms with Gasteiger partial charge >= 0.3 is 53.7 Å². The fourth-order valence-electron chi connectivity index (χ4n) is 0.251. The minimum absolute atomic E-state index is 0. The van der Waals surface area contributed by atoms with Gasteiger partial charge in [0.15, 0.2) is 0 Å². The largest absolute Gasteiger partial charge is 0.147 e. The normalized spacial score (nSPS) is 11.8. The first-order chi connectivity index (χ1) is 3.68. The molecule has 0 radical (unpaired) electrons. The number of nitrogens with two attached hydrogens (primary N) is 1. The zero-order valence-corrected chi connectivity index (χ0v) is 7.56. The molecule has 0 fully saturated rings.